The fourth-order valence-electron chi connectivity index (χ4n) is 6.27. The maximum atomic E-state index is 14.2. The van der Waals surface area contributed by atoms with Gasteiger partial charge in [0, 0.05) is 41.1 Å². The molecule has 0 radical (unpaired) electrons. The Morgan fingerprint density at radius 3 is 2.42 bits per heavy atom. The van der Waals surface area contributed by atoms with Gasteiger partial charge in [-0.05, 0) is 48.4 Å². The predicted molar refractivity (Wildman–Crippen MR) is 173 cm³/mol. The Hall–Kier alpha value is -5.06. The van der Waals surface area contributed by atoms with Gasteiger partial charge < -0.3 is 24.1 Å². The van der Waals surface area contributed by atoms with Gasteiger partial charge in [0.05, 0.1) is 21.9 Å². The third-order valence-electron chi connectivity index (χ3n) is 8.36. The molecular weight excluding hydrogens is 590 g/mol. The molecule has 45 heavy (non-hydrogen) atoms. The minimum Gasteiger partial charge on any atom is -0.507 e. The number of fused-ring (bicyclic) bond motifs is 3. The first-order chi connectivity index (χ1) is 21.8. The number of sulfonamides is 1. The lowest BCUT2D eigenvalue weighted by Gasteiger charge is -2.27. The number of aryl methyl sites for hydroxylation is 1. The van der Waals surface area contributed by atoms with Crippen LogP contribution < -0.4 is 19.8 Å². The van der Waals surface area contributed by atoms with E-state index in [4.69, 9.17) is 9.47 Å². The average molecular weight is 622 g/mol. The summed E-state index contributed by atoms with van der Waals surface area (Å²) in [4.78, 5) is 17.9. The van der Waals surface area contributed by atoms with Gasteiger partial charge in [-0.3, -0.25) is 4.79 Å². The van der Waals surface area contributed by atoms with E-state index in [0.29, 0.717) is 53.3 Å². The average Bonchev–Trinajstić information content (AvgIpc) is 3.43. The molecule has 3 N–H and O–H groups in total. The van der Waals surface area contributed by atoms with Crippen LogP contribution in [0, 0.1) is 0 Å². The normalized spacial score (nSPS) is 13.7. The van der Waals surface area contributed by atoms with Crippen molar-refractivity contribution in [1.82, 2.24) is 14.3 Å². The number of benzene rings is 4. The van der Waals surface area contributed by atoms with Gasteiger partial charge in [-0.25, -0.2) is 13.1 Å². The Morgan fingerprint density at radius 2 is 1.60 bits per heavy atom. The quantitative estimate of drug-likeness (QED) is 0.215. The van der Waals surface area contributed by atoms with Crippen molar-refractivity contribution < 1.29 is 23.0 Å². The van der Waals surface area contributed by atoms with Crippen LogP contribution in [0.4, 0.5) is 0 Å². The Morgan fingerprint density at radius 1 is 0.889 bits per heavy atom. The second-order valence-corrected chi connectivity index (χ2v) is 12.7. The lowest BCUT2D eigenvalue weighted by atomic mass is 9.84. The molecule has 0 aliphatic carbocycles. The minimum absolute atomic E-state index is 0.104. The van der Waals surface area contributed by atoms with Gasteiger partial charge in [0.15, 0.2) is 11.5 Å². The van der Waals surface area contributed by atoms with E-state index in [9.17, 15) is 18.3 Å². The first kappa shape index (κ1) is 28.7. The number of aromatic amines is 1. The molecule has 0 saturated carbocycles. The molecule has 228 valence electrons. The molecule has 3 heterocycles. The first-order valence-electron chi connectivity index (χ1n) is 14.7. The summed E-state index contributed by atoms with van der Waals surface area (Å²) in [5.41, 5.74) is 3.35. The second-order valence-electron chi connectivity index (χ2n) is 11.0. The molecule has 2 aromatic heterocycles. The Kier molecular flexibility index (Phi) is 7.31. The van der Waals surface area contributed by atoms with Crippen LogP contribution in [0.15, 0.2) is 107 Å². The second kappa shape index (κ2) is 11.5. The van der Waals surface area contributed by atoms with Crippen molar-refractivity contribution in [2.24, 2.45) is 7.05 Å². The molecule has 7 rings (SSSR count). The molecule has 6 aromatic rings. The van der Waals surface area contributed by atoms with Gasteiger partial charge in [-0.2, -0.15) is 0 Å². The molecule has 1 unspecified atom stereocenters. The first-order valence-corrected chi connectivity index (χ1v) is 16.2. The van der Waals surface area contributed by atoms with E-state index in [1.807, 2.05) is 54.6 Å². The molecular formula is C35H31N3O6S. The van der Waals surface area contributed by atoms with E-state index in [-0.39, 0.29) is 28.3 Å². The van der Waals surface area contributed by atoms with E-state index < -0.39 is 15.9 Å². The lowest BCUT2D eigenvalue weighted by molar-refractivity contribution is 0.169. The van der Waals surface area contributed by atoms with E-state index in [0.717, 1.165) is 16.5 Å². The van der Waals surface area contributed by atoms with E-state index in [1.165, 1.54) is 0 Å². The van der Waals surface area contributed by atoms with Crippen molar-refractivity contribution in [3.05, 3.63) is 130 Å². The van der Waals surface area contributed by atoms with Gasteiger partial charge >= 0.3 is 0 Å². The largest absolute Gasteiger partial charge is 0.507 e. The van der Waals surface area contributed by atoms with Crippen LogP contribution in [0.1, 0.15) is 28.3 Å². The van der Waals surface area contributed by atoms with Crippen molar-refractivity contribution in [2.45, 2.75) is 17.2 Å². The highest BCUT2D eigenvalue weighted by Crippen LogP contribution is 2.46. The Bertz CT molecular complexity index is 2220. The summed E-state index contributed by atoms with van der Waals surface area (Å²) < 4.78 is 42.5. The van der Waals surface area contributed by atoms with E-state index >= 15 is 0 Å². The summed E-state index contributed by atoms with van der Waals surface area (Å²) in [7, 11) is -2.06. The molecule has 9 nitrogen and oxygen atoms in total. The highest BCUT2D eigenvalue weighted by Gasteiger charge is 2.34. The molecule has 0 fully saturated rings. The van der Waals surface area contributed by atoms with Gasteiger partial charge in [-0.15, -0.1) is 0 Å². The number of para-hydroxylation sites is 3. The third-order valence-corrected chi connectivity index (χ3v) is 9.84. The SMILES string of the molecule is Cn1c(=O)c(C(c2cccc3c2OCCO3)c2[nH]c3ccccc3c2CCNS(=O)(=O)c2ccccc2)c(O)c2ccccc21. The molecule has 1 aliphatic rings. The third kappa shape index (κ3) is 5.01. The number of aromatic nitrogens is 2. The Labute approximate surface area is 259 Å². The molecule has 0 bridgehead atoms. The maximum Gasteiger partial charge on any atom is 0.258 e. The smallest absolute Gasteiger partial charge is 0.258 e. The summed E-state index contributed by atoms with van der Waals surface area (Å²) in [6.45, 7) is 0.829. The number of aromatic hydroxyl groups is 1. The van der Waals surface area contributed by atoms with Crippen LogP contribution in [-0.4, -0.2) is 42.8 Å². The fraction of sp³-hybridized carbons (Fsp3) is 0.171. The van der Waals surface area contributed by atoms with Crippen LogP contribution >= 0.6 is 0 Å². The number of ether oxygens (including phenoxy) is 2. The highest BCUT2D eigenvalue weighted by molar-refractivity contribution is 7.89. The van der Waals surface area contributed by atoms with Crippen molar-refractivity contribution in [3.8, 4) is 17.2 Å². The van der Waals surface area contributed by atoms with Gasteiger partial charge in [0.25, 0.3) is 5.56 Å². The van der Waals surface area contributed by atoms with Crippen LogP contribution in [0.25, 0.3) is 21.8 Å². The molecule has 0 amide bonds. The highest BCUT2D eigenvalue weighted by atomic mass is 32.2. The monoisotopic (exact) mass is 621 g/mol. The van der Waals surface area contributed by atoms with Crippen LogP contribution in [-0.2, 0) is 23.5 Å². The van der Waals surface area contributed by atoms with E-state index in [1.54, 1.807) is 54.1 Å². The van der Waals surface area contributed by atoms with Gasteiger partial charge in [-0.1, -0.05) is 60.7 Å². The summed E-state index contributed by atoms with van der Waals surface area (Å²) in [6.07, 6.45) is 0.308. The number of rotatable bonds is 8. The van der Waals surface area contributed by atoms with Crippen molar-refractivity contribution in [1.29, 1.82) is 0 Å². The number of H-pyrrole nitrogens is 1. The molecule has 1 atom stereocenters. The molecule has 4 aromatic carbocycles. The zero-order chi connectivity index (χ0) is 31.1. The molecule has 1 aliphatic heterocycles. The molecule has 0 saturated heterocycles. The lowest BCUT2D eigenvalue weighted by Crippen LogP contribution is -2.28. The maximum absolute atomic E-state index is 14.2. The minimum atomic E-state index is -3.75. The van der Waals surface area contributed by atoms with Crippen LogP contribution in [0.3, 0.4) is 0 Å². The zero-order valence-electron chi connectivity index (χ0n) is 24.5. The summed E-state index contributed by atoms with van der Waals surface area (Å²) >= 11 is 0. The number of hydrogen-bond acceptors (Lipinski definition) is 6. The molecule has 10 heteroatoms. The van der Waals surface area contributed by atoms with Crippen molar-refractivity contribution in [3.63, 3.8) is 0 Å². The number of nitrogens with one attached hydrogen (secondary N) is 2. The van der Waals surface area contributed by atoms with Gasteiger partial charge in [0.2, 0.25) is 10.0 Å². The number of hydrogen-bond donors (Lipinski definition) is 3. The van der Waals surface area contributed by atoms with Crippen molar-refractivity contribution in [2.75, 3.05) is 19.8 Å². The summed E-state index contributed by atoms with van der Waals surface area (Å²) in [6, 6.07) is 28.7. The van der Waals surface area contributed by atoms with Gasteiger partial charge in [0.1, 0.15) is 19.0 Å². The Balaban J connectivity index is 1.44. The zero-order valence-corrected chi connectivity index (χ0v) is 25.3. The van der Waals surface area contributed by atoms with Crippen LogP contribution in [0.2, 0.25) is 0 Å². The molecule has 0 spiro atoms. The predicted octanol–water partition coefficient (Wildman–Crippen LogP) is 5.20. The topological polar surface area (TPSA) is 123 Å². The van der Waals surface area contributed by atoms with Crippen LogP contribution in [0.5, 0.6) is 17.2 Å². The standard InChI is InChI=1S/C35H31N3O6S/c1-38-28-16-8-6-13-25(28)33(39)31(35(38)40)30(26-14-9-17-29-34(26)44-21-20-43-29)32-24(23-12-5-7-15-27(23)37-32)18-19-36-45(41,42)22-10-3-2-4-11-22/h2-17,30,36-37,39H,18-21H2,1H3. The van der Waals surface area contributed by atoms with E-state index in [2.05, 4.69) is 9.71 Å². The fourth-order valence-corrected chi connectivity index (χ4v) is 7.32. The summed E-state index contributed by atoms with van der Waals surface area (Å²) in [5.74, 6) is 0.118. The number of pyridine rings is 1. The number of nitrogens with zero attached hydrogens (tertiary/aromatic N) is 1. The van der Waals surface area contributed by atoms with Crippen molar-refractivity contribution >= 4 is 31.8 Å². The summed E-state index contributed by atoms with van der Waals surface area (Å²) in [5, 5.41) is 13.3.